The highest BCUT2D eigenvalue weighted by molar-refractivity contribution is 14.1. The number of halogens is 1. The number of benzene rings is 1. The number of amides is 1. The van der Waals surface area contributed by atoms with Crippen LogP contribution in [-0.4, -0.2) is 28.1 Å². The van der Waals surface area contributed by atoms with E-state index >= 15 is 0 Å². The SMILES string of the molecule is CC(C)(C)OC(=O)N[C@@H](CCI)C(=O)OCc1ccccc1. The number of alkyl halides is 1. The second-order valence-electron chi connectivity index (χ2n) is 5.77. The second-order valence-corrected chi connectivity index (χ2v) is 6.85. The second kappa shape index (κ2) is 8.97. The molecule has 0 aliphatic carbocycles. The maximum atomic E-state index is 12.1. The molecule has 0 aliphatic heterocycles. The van der Waals surface area contributed by atoms with Gasteiger partial charge < -0.3 is 14.8 Å². The lowest BCUT2D eigenvalue weighted by Crippen LogP contribution is -2.44. The Morgan fingerprint density at radius 3 is 2.41 bits per heavy atom. The van der Waals surface area contributed by atoms with Crippen molar-refractivity contribution in [2.24, 2.45) is 0 Å². The topological polar surface area (TPSA) is 64.6 Å². The van der Waals surface area contributed by atoms with Crippen molar-refractivity contribution in [3.8, 4) is 0 Å². The zero-order chi connectivity index (χ0) is 16.6. The molecule has 0 unspecified atom stereocenters. The Kier molecular flexibility index (Phi) is 7.64. The summed E-state index contributed by atoms with van der Waals surface area (Å²) in [6.07, 6.45) is -0.119. The first-order valence-electron chi connectivity index (χ1n) is 7.08. The molecule has 0 saturated heterocycles. The minimum atomic E-state index is -0.699. The summed E-state index contributed by atoms with van der Waals surface area (Å²) in [7, 11) is 0. The van der Waals surface area contributed by atoms with Crippen LogP contribution in [0.1, 0.15) is 32.8 Å². The Bertz CT molecular complexity index is 485. The van der Waals surface area contributed by atoms with E-state index in [1.165, 1.54) is 0 Å². The van der Waals surface area contributed by atoms with Crippen LogP contribution in [0.25, 0.3) is 0 Å². The summed E-state index contributed by atoms with van der Waals surface area (Å²) < 4.78 is 11.1. The summed E-state index contributed by atoms with van der Waals surface area (Å²) in [5.41, 5.74) is 0.300. The van der Waals surface area contributed by atoms with Crippen molar-refractivity contribution in [3.63, 3.8) is 0 Å². The van der Waals surface area contributed by atoms with E-state index in [1.807, 2.05) is 30.3 Å². The third-order valence-electron chi connectivity index (χ3n) is 2.60. The van der Waals surface area contributed by atoms with Gasteiger partial charge in [-0.3, -0.25) is 0 Å². The summed E-state index contributed by atoms with van der Waals surface area (Å²) in [4.78, 5) is 23.9. The van der Waals surface area contributed by atoms with Crippen LogP contribution in [0.2, 0.25) is 0 Å². The minimum absolute atomic E-state index is 0.188. The largest absolute Gasteiger partial charge is 0.459 e. The van der Waals surface area contributed by atoms with E-state index in [1.54, 1.807) is 20.8 Å². The van der Waals surface area contributed by atoms with Gasteiger partial charge in [0.25, 0.3) is 0 Å². The number of hydrogen-bond acceptors (Lipinski definition) is 4. The van der Waals surface area contributed by atoms with Gasteiger partial charge >= 0.3 is 12.1 Å². The molecule has 1 aromatic carbocycles. The highest BCUT2D eigenvalue weighted by Crippen LogP contribution is 2.09. The van der Waals surface area contributed by atoms with Gasteiger partial charge in [-0.05, 0) is 32.8 Å². The Labute approximate surface area is 144 Å². The van der Waals surface area contributed by atoms with Crippen molar-refractivity contribution in [1.29, 1.82) is 0 Å². The quantitative estimate of drug-likeness (QED) is 0.436. The van der Waals surface area contributed by atoms with Crippen molar-refractivity contribution in [2.45, 2.75) is 45.4 Å². The summed E-state index contributed by atoms with van der Waals surface area (Å²) in [6.45, 7) is 5.50. The van der Waals surface area contributed by atoms with E-state index < -0.39 is 23.7 Å². The zero-order valence-electron chi connectivity index (χ0n) is 13.1. The van der Waals surface area contributed by atoms with Crippen LogP contribution in [-0.2, 0) is 20.9 Å². The van der Waals surface area contributed by atoms with Crippen molar-refractivity contribution >= 4 is 34.7 Å². The van der Waals surface area contributed by atoms with Gasteiger partial charge in [0.1, 0.15) is 18.2 Å². The summed E-state index contributed by atoms with van der Waals surface area (Å²) >= 11 is 2.15. The molecule has 0 radical (unpaired) electrons. The molecule has 6 heteroatoms. The third-order valence-corrected chi connectivity index (χ3v) is 3.22. The fourth-order valence-corrected chi connectivity index (χ4v) is 2.26. The normalized spacial score (nSPS) is 12.4. The maximum Gasteiger partial charge on any atom is 0.408 e. The molecule has 122 valence electrons. The first kappa shape index (κ1) is 18.7. The molecule has 1 atom stereocenters. The van der Waals surface area contributed by atoms with Gasteiger partial charge in [0.15, 0.2) is 0 Å². The molecule has 5 nitrogen and oxygen atoms in total. The molecule has 0 aliphatic rings. The molecule has 22 heavy (non-hydrogen) atoms. The van der Waals surface area contributed by atoms with Gasteiger partial charge in [0, 0.05) is 4.43 Å². The van der Waals surface area contributed by atoms with E-state index in [2.05, 4.69) is 27.9 Å². The van der Waals surface area contributed by atoms with Crippen molar-refractivity contribution in [1.82, 2.24) is 5.32 Å². The number of carbonyl (C=O) groups is 2. The third kappa shape index (κ3) is 7.63. The molecular weight excluding hydrogens is 397 g/mol. The molecular formula is C16H22INO4. The van der Waals surface area contributed by atoms with E-state index in [-0.39, 0.29) is 6.61 Å². The van der Waals surface area contributed by atoms with Gasteiger partial charge in [-0.1, -0.05) is 52.9 Å². The minimum Gasteiger partial charge on any atom is -0.459 e. The van der Waals surface area contributed by atoms with Crippen LogP contribution >= 0.6 is 22.6 Å². The zero-order valence-corrected chi connectivity index (χ0v) is 15.3. The number of esters is 1. The van der Waals surface area contributed by atoms with Crippen LogP contribution < -0.4 is 5.32 Å². The number of alkyl carbamates (subject to hydrolysis) is 1. The first-order chi connectivity index (χ1) is 10.3. The summed E-state index contributed by atoms with van der Waals surface area (Å²) in [5.74, 6) is -0.452. The highest BCUT2D eigenvalue weighted by atomic mass is 127. The molecule has 1 N–H and O–H groups in total. The molecule has 0 bridgehead atoms. The fraction of sp³-hybridized carbons (Fsp3) is 0.500. The Morgan fingerprint density at radius 1 is 1.23 bits per heavy atom. The van der Waals surface area contributed by atoms with Gasteiger partial charge in [-0.15, -0.1) is 0 Å². The van der Waals surface area contributed by atoms with Crippen LogP contribution in [0.4, 0.5) is 4.79 Å². The van der Waals surface area contributed by atoms with Gasteiger partial charge in [-0.25, -0.2) is 9.59 Å². The molecule has 1 rings (SSSR count). The molecule has 0 heterocycles. The van der Waals surface area contributed by atoms with E-state index in [0.29, 0.717) is 6.42 Å². The Hall–Kier alpha value is -1.31. The summed E-state index contributed by atoms with van der Waals surface area (Å²) in [6, 6.07) is 8.71. The maximum absolute atomic E-state index is 12.1. The number of hydrogen-bond donors (Lipinski definition) is 1. The predicted molar refractivity (Wildman–Crippen MR) is 92.9 cm³/mol. The monoisotopic (exact) mass is 419 g/mol. The van der Waals surface area contributed by atoms with E-state index in [4.69, 9.17) is 9.47 Å². The lowest BCUT2D eigenvalue weighted by molar-refractivity contribution is -0.147. The number of nitrogens with one attached hydrogen (secondary N) is 1. The van der Waals surface area contributed by atoms with Gasteiger partial charge in [0.2, 0.25) is 0 Å². The van der Waals surface area contributed by atoms with Crippen molar-refractivity contribution in [2.75, 3.05) is 4.43 Å². The van der Waals surface area contributed by atoms with E-state index in [9.17, 15) is 9.59 Å². The molecule has 0 fully saturated rings. The Balaban J connectivity index is 2.54. The molecule has 1 amide bonds. The van der Waals surface area contributed by atoms with Crippen LogP contribution in [0.5, 0.6) is 0 Å². The smallest absolute Gasteiger partial charge is 0.408 e. The molecule has 1 aromatic rings. The highest BCUT2D eigenvalue weighted by Gasteiger charge is 2.25. The number of rotatable bonds is 6. The van der Waals surface area contributed by atoms with Crippen LogP contribution in [0.15, 0.2) is 30.3 Å². The molecule has 0 aromatic heterocycles. The van der Waals surface area contributed by atoms with Crippen molar-refractivity contribution in [3.05, 3.63) is 35.9 Å². The lowest BCUT2D eigenvalue weighted by Gasteiger charge is -2.22. The molecule has 0 saturated carbocycles. The number of ether oxygens (including phenoxy) is 2. The average Bonchev–Trinajstić information content (AvgIpc) is 2.43. The van der Waals surface area contributed by atoms with Crippen LogP contribution in [0, 0.1) is 0 Å². The Morgan fingerprint density at radius 2 is 1.86 bits per heavy atom. The van der Waals surface area contributed by atoms with Crippen LogP contribution in [0.3, 0.4) is 0 Å². The first-order valence-corrected chi connectivity index (χ1v) is 8.60. The van der Waals surface area contributed by atoms with Gasteiger partial charge in [-0.2, -0.15) is 0 Å². The predicted octanol–water partition coefficient (Wildman–Crippen LogP) is 3.45. The lowest BCUT2D eigenvalue weighted by atomic mass is 10.2. The fourth-order valence-electron chi connectivity index (χ4n) is 1.64. The molecule has 0 spiro atoms. The van der Waals surface area contributed by atoms with E-state index in [0.717, 1.165) is 9.99 Å². The summed E-state index contributed by atoms with van der Waals surface area (Å²) in [5, 5.41) is 2.57. The standard InChI is InChI=1S/C16H22INO4/c1-16(2,3)22-15(20)18-13(9-10-17)14(19)21-11-12-7-5-4-6-8-12/h4-8,13H,9-11H2,1-3H3,(H,18,20)/t13-/m0/s1. The average molecular weight is 419 g/mol. The number of carbonyl (C=O) groups excluding carboxylic acids is 2. The van der Waals surface area contributed by atoms with Gasteiger partial charge in [0.05, 0.1) is 0 Å². The van der Waals surface area contributed by atoms with Crippen molar-refractivity contribution < 1.29 is 19.1 Å².